The van der Waals surface area contributed by atoms with Gasteiger partial charge in [0.1, 0.15) is 0 Å². The number of pyridine rings is 2. The van der Waals surface area contributed by atoms with Gasteiger partial charge in [0, 0.05) is 30.7 Å². The van der Waals surface area contributed by atoms with E-state index in [0.717, 1.165) is 16.8 Å². The number of rotatable bonds is 4. The van der Waals surface area contributed by atoms with Crippen LogP contribution in [0, 0.1) is 0 Å². The number of hydrogen-bond donors (Lipinski definition) is 1. The van der Waals surface area contributed by atoms with E-state index in [9.17, 15) is 4.79 Å². The molecule has 0 aliphatic carbocycles. The molecule has 0 spiro atoms. The predicted octanol–water partition coefficient (Wildman–Crippen LogP) is 3.79. The number of carbonyl (C=O) groups excluding carboxylic acids is 1. The largest absolute Gasteiger partial charge is 0.347 e. The van der Waals surface area contributed by atoms with Gasteiger partial charge in [0.05, 0.1) is 14.9 Å². The summed E-state index contributed by atoms with van der Waals surface area (Å²) in [4.78, 5) is 21.2. The first-order chi connectivity index (χ1) is 10.7. The molecule has 0 saturated carbocycles. The summed E-state index contributed by atoms with van der Waals surface area (Å²) in [5, 5.41) is 2.89. The number of hydrogen-bond acceptors (Lipinski definition) is 4. The van der Waals surface area contributed by atoms with Crippen LogP contribution in [0.1, 0.15) is 15.2 Å². The lowest BCUT2D eigenvalue weighted by atomic mass is 10.1. The highest BCUT2D eigenvalue weighted by Gasteiger charge is 2.11. The minimum atomic E-state index is -0.141. The molecule has 0 saturated heterocycles. The van der Waals surface area contributed by atoms with Crippen LogP contribution in [0.4, 0.5) is 0 Å². The average Bonchev–Trinajstić information content (AvgIpc) is 3.00. The Labute approximate surface area is 136 Å². The fourth-order valence-corrected chi connectivity index (χ4v) is 3.00. The number of carbonyl (C=O) groups is 1. The molecule has 6 heteroatoms. The van der Waals surface area contributed by atoms with Crippen LogP contribution in [-0.2, 0) is 6.54 Å². The molecule has 3 rings (SSSR count). The van der Waals surface area contributed by atoms with Gasteiger partial charge in [-0.2, -0.15) is 0 Å². The van der Waals surface area contributed by atoms with Crippen molar-refractivity contribution >= 4 is 28.8 Å². The zero-order chi connectivity index (χ0) is 15.4. The van der Waals surface area contributed by atoms with Gasteiger partial charge in [-0.15, -0.1) is 11.3 Å². The Morgan fingerprint density at radius 3 is 2.77 bits per heavy atom. The minimum Gasteiger partial charge on any atom is -0.347 e. The van der Waals surface area contributed by atoms with E-state index in [4.69, 9.17) is 11.6 Å². The lowest BCUT2D eigenvalue weighted by Gasteiger charge is -2.09. The zero-order valence-corrected chi connectivity index (χ0v) is 13.1. The molecule has 0 aliphatic heterocycles. The third kappa shape index (κ3) is 3.32. The van der Waals surface area contributed by atoms with Gasteiger partial charge in [0.25, 0.3) is 5.91 Å². The Hall–Kier alpha value is -2.24. The van der Waals surface area contributed by atoms with Crippen LogP contribution in [0.2, 0.25) is 4.34 Å². The van der Waals surface area contributed by atoms with Crippen molar-refractivity contribution in [2.24, 2.45) is 0 Å². The van der Waals surface area contributed by atoms with Crippen molar-refractivity contribution in [2.45, 2.75) is 6.54 Å². The molecule has 0 unspecified atom stereocenters. The van der Waals surface area contributed by atoms with Gasteiger partial charge in [0.15, 0.2) is 0 Å². The predicted molar refractivity (Wildman–Crippen MR) is 88.0 cm³/mol. The van der Waals surface area contributed by atoms with Crippen molar-refractivity contribution in [3.63, 3.8) is 0 Å². The summed E-state index contributed by atoms with van der Waals surface area (Å²) in [6.45, 7) is 0.395. The molecular weight excluding hydrogens is 318 g/mol. The lowest BCUT2D eigenvalue weighted by Crippen LogP contribution is -2.22. The summed E-state index contributed by atoms with van der Waals surface area (Å²) in [6.07, 6.45) is 5.20. The van der Waals surface area contributed by atoms with Crippen molar-refractivity contribution in [2.75, 3.05) is 0 Å². The molecule has 1 N–H and O–H groups in total. The van der Waals surface area contributed by atoms with Crippen LogP contribution in [0.25, 0.3) is 11.3 Å². The average molecular weight is 330 g/mol. The van der Waals surface area contributed by atoms with Crippen molar-refractivity contribution in [3.8, 4) is 11.3 Å². The van der Waals surface area contributed by atoms with E-state index in [1.807, 2.05) is 24.3 Å². The number of nitrogens with zero attached hydrogens (tertiary/aromatic N) is 2. The molecule has 22 heavy (non-hydrogen) atoms. The van der Waals surface area contributed by atoms with Crippen molar-refractivity contribution in [3.05, 3.63) is 69.8 Å². The van der Waals surface area contributed by atoms with Crippen LogP contribution < -0.4 is 5.32 Å². The van der Waals surface area contributed by atoms with Crippen LogP contribution in [-0.4, -0.2) is 15.9 Å². The van der Waals surface area contributed by atoms with E-state index >= 15 is 0 Å². The first-order valence-electron chi connectivity index (χ1n) is 6.62. The number of nitrogens with one attached hydrogen (secondary N) is 1. The molecule has 3 aromatic heterocycles. The van der Waals surface area contributed by atoms with E-state index in [0.29, 0.717) is 15.8 Å². The van der Waals surface area contributed by atoms with Gasteiger partial charge >= 0.3 is 0 Å². The molecule has 0 aliphatic rings. The molecule has 4 nitrogen and oxygen atoms in total. The maximum Gasteiger partial charge on any atom is 0.261 e. The first-order valence-corrected chi connectivity index (χ1v) is 7.81. The fourth-order valence-electron chi connectivity index (χ4n) is 2.04. The summed E-state index contributed by atoms with van der Waals surface area (Å²) >= 11 is 7.11. The highest BCUT2D eigenvalue weighted by atomic mass is 35.5. The normalized spacial score (nSPS) is 10.4. The van der Waals surface area contributed by atoms with Crippen molar-refractivity contribution < 1.29 is 4.79 Å². The molecule has 0 aromatic carbocycles. The van der Waals surface area contributed by atoms with Crippen LogP contribution in [0.15, 0.2) is 55.0 Å². The van der Waals surface area contributed by atoms with Crippen molar-refractivity contribution in [1.82, 2.24) is 15.3 Å². The molecule has 0 atom stereocenters. The van der Waals surface area contributed by atoms with Crippen LogP contribution in [0.3, 0.4) is 0 Å². The lowest BCUT2D eigenvalue weighted by molar-refractivity contribution is 0.0955. The van der Waals surface area contributed by atoms with Gasteiger partial charge in [-0.05, 0) is 35.9 Å². The maximum atomic E-state index is 12.1. The van der Waals surface area contributed by atoms with Gasteiger partial charge in [-0.1, -0.05) is 17.7 Å². The fraction of sp³-hybridized carbons (Fsp3) is 0.0625. The molecule has 110 valence electrons. The Morgan fingerprint density at radius 1 is 1.18 bits per heavy atom. The highest BCUT2D eigenvalue weighted by molar-refractivity contribution is 7.17. The van der Waals surface area contributed by atoms with Crippen LogP contribution >= 0.6 is 22.9 Å². The van der Waals surface area contributed by atoms with E-state index in [2.05, 4.69) is 15.3 Å². The Bertz CT molecular complexity index is 789. The summed E-state index contributed by atoms with van der Waals surface area (Å²) in [6, 6.07) is 11.0. The maximum absolute atomic E-state index is 12.1. The molecule has 0 bridgehead atoms. The molecule has 1 amide bonds. The zero-order valence-electron chi connectivity index (χ0n) is 11.5. The quantitative estimate of drug-likeness (QED) is 0.792. The number of halogens is 1. The molecule has 0 radical (unpaired) electrons. The van der Waals surface area contributed by atoms with E-state index in [-0.39, 0.29) is 5.91 Å². The third-order valence-corrected chi connectivity index (χ3v) is 4.29. The smallest absolute Gasteiger partial charge is 0.261 e. The monoisotopic (exact) mass is 329 g/mol. The summed E-state index contributed by atoms with van der Waals surface area (Å²) in [5.74, 6) is -0.141. The second-order valence-electron chi connectivity index (χ2n) is 4.54. The van der Waals surface area contributed by atoms with Gasteiger partial charge in [0.2, 0.25) is 0 Å². The first kappa shape index (κ1) is 14.7. The number of amides is 1. The topological polar surface area (TPSA) is 54.9 Å². The van der Waals surface area contributed by atoms with Crippen LogP contribution in [0.5, 0.6) is 0 Å². The minimum absolute atomic E-state index is 0.141. The highest BCUT2D eigenvalue weighted by Crippen LogP contribution is 2.22. The van der Waals surface area contributed by atoms with Gasteiger partial charge in [-0.25, -0.2) is 0 Å². The molecule has 0 fully saturated rings. The summed E-state index contributed by atoms with van der Waals surface area (Å²) < 4.78 is 0.600. The van der Waals surface area contributed by atoms with Gasteiger partial charge in [-0.3, -0.25) is 14.8 Å². The summed E-state index contributed by atoms with van der Waals surface area (Å²) in [5.41, 5.74) is 2.68. The Morgan fingerprint density at radius 2 is 2.05 bits per heavy atom. The SMILES string of the molecule is O=C(NCc1cccnc1-c1cccnc1)c1ccc(Cl)s1. The standard InChI is InChI=1S/C16H12ClN3OS/c17-14-6-5-13(22-14)16(21)20-10-12-4-2-8-19-15(12)11-3-1-7-18-9-11/h1-9H,10H2,(H,20,21). The molecular formula is C16H12ClN3OS. The third-order valence-electron chi connectivity index (χ3n) is 3.06. The Balaban J connectivity index is 1.77. The Kier molecular flexibility index (Phi) is 4.46. The molecule has 3 aromatic rings. The second-order valence-corrected chi connectivity index (χ2v) is 6.25. The molecule has 3 heterocycles. The summed E-state index contributed by atoms with van der Waals surface area (Å²) in [7, 11) is 0. The number of thiophene rings is 1. The number of aromatic nitrogens is 2. The van der Waals surface area contributed by atoms with Crippen molar-refractivity contribution in [1.29, 1.82) is 0 Å². The van der Waals surface area contributed by atoms with E-state index in [1.165, 1.54) is 11.3 Å². The second kappa shape index (κ2) is 6.68. The van der Waals surface area contributed by atoms with E-state index in [1.54, 1.807) is 30.7 Å². The van der Waals surface area contributed by atoms with Gasteiger partial charge < -0.3 is 5.32 Å². The van der Waals surface area contributed by atoms with E-state index < -0.39 is 0 Å².